The van der Waals surface area contributed by atoms with Gasteiger partial charge < -0.3 is 0 Å². The number of piperidine rings is 1. The molecule has 2 aliphatic rings. The highest BCUT2D eigenvalue weighted by molar-refractivity contribution is 6.13. The third kappa shape index (κ3) is 1.94. The molecule has 1 fully saturated rings. The Balaban J connectivity index is 2.08. The fourth-order valence-electron chi connectivity index (χ4n) is 3.10. The van der Waals surface area contributed by atoms with Crippen LogP contribution in [0.2, 0.25) is 0 Å². The lowest BCUT2D eigenvalue weighted by atomic mass is 9.85. The number of hydrogen-bond donors (Lipinski definition) is 1. The number of aldehydes is 1. The van der Waals surface area contributed by atoms with Crippen LogP contribution in [0.25, 0.3) is 0 Å². The molecule has 0 aromatic heterocycles. The molecule has 1 unspecified atom stereocenters. The molecule has 1 atom stereocenters. The van der Waals surface area contributed by atoms with Gasteiger partial charge in [-0.1, -0.05) is 0 Å². The number of amides is 3. The van der Waals surface area contributed by atoms with Crippen LogP contribution in [-0.2, 0) is 19.8 Å². The van der Waals surface area contributed by atoms with E-state index in [1.54, 1.807) is 32.0 Å². The van der Waals surface area contributed by atoms with Gasteiger partial charge in [-0.15, -0.1) is 0 Å². The molecule has 1 N–H and O–H groups in total. The van der Waals surface area contributed by atoms with E-state index in [0.717, 1.165) is 11.8 Å². The highest BCUT2D eigenvalue weighted by Crippen LogP contribution is 2.43. The Morgan fingerprint density at radius 1 is 1.27 bits per heavy atom. The number of rotatable bonds is 2. The minimum absolute atomic E-state index is 0.194. The average molecular weight is 300 g/mol. The molecule has 0 spiro atoms. The second kappa shape index (κ2) is 4.76. The number of benzene rings is 1. The van der Waals surface area contributed by atoms with E-state index < -0.39 is 17.4 Å². The zero-order valence-electron chi connectivity index (χ0n) is 12.4. The molecule has 6 heteroatoms. The first-order valence-corrected chi connectivity index (χ1v) is 7.13. The van der Waals surface area contributed by atoms with Gasteiger partial charge in [-0.25, -0.2) is 0 Å². The maximum absolute atomic E-state index is 12.8. The van der Waals surface area contributed by atoms with Gasteiger partial charge in [-0.2, -0.15) is 0 Å². The standard InChI is InChI=1S/C16H16N2O4/c1-16(2)10-7-9(8-19)3-4-11(10)18(15(16)22)12-5-6-13(20)17-14(12)21/h3-4,7-8,12H,5-6H2,1-2H3,(H,17,20,21). The second-order valence-corrected chi connectivity index (χ2v) is 6.16. The fourth-order valence-corrected chi connectivity index (χ4v) is 3.10. The largest absolute Gasteiger partial charge is 0.299 e. The van der Waals surface area contributed by atoms with Gasteiger partial charge in [0.1, 0.15) is 12.3 Å². The lowest BCUT2D eigenvalue weighted by Gasteiger charge is -2.31. The van der Waals surface area contributed by atoms with E-state index in [-0.39, 0.29) is 18.2 Å². The van der Waals surface area contributed by atoms with Crippen molar-refractivity contribution in [2.45, 2.75) is 38.1 Å². The summed E-state index contributed by atoms with van der Waals surface area (Å²) >= 11 is 0. The van der Waals surface area contributed by atoms with Crippen molar-refractivity contribution in [3.05, 3.63) is 29.3 Å². The number of imide groups is 1. The molecule has 6 nitrogen and oxygen atoms in total. The van der Waals surface area contributed by atoms with Crippen molar-refractivity contribution in [3.8, 4) is 0 Å². The Bertz CT molecular complexity index is 708. The molecule has 1 aromatic rings. The van der Waals surface area contributed by atoms with Gasteiger partial charge in [-0.05, 0) is 44.0 Å². The van der Waals surface area contributed by atoms with Gasteiger partial charge in [0.15, 0.2) is 0 Å². The van der Waals surface area contributed by atoms with E-state index >= 15 is 0 Å². The predicted molar refractivity (Wildman–Crippen MR) is 78.5 cm³/mol. The Morgan fingerprint density at radius 2 is 2.00 bits per heavy atom. The van der Waals surface area contributed by atoms with Crippen molar-refractivity contribution in [2.24, 2.45) is 0 Å². The normalized spacial score (nSPS) is 23.3. The lowest BCUT2D eigenvalue weighted by Crippen LogP contribution is -2.55. The molecule has 114 valence electrons. The van der Waals surface area contributed by atoms with Crippen LogP contribution in [0.15, 0.2) is 18.2 Å². The summed E-state index contributed by atoms with van der Waals surface area (Å²) in [5, 5.41) is 2.28. The Kier molecular flexibility index (Phi) is 3.12. The molecule has 3 amide bonds. The Morgan fingerprint density at radius 3 is 2.64 bits per heavy atom. The summed E-state index contributed by atoms with van der Waals surface area (Å²) in [6, 6.07) is 4.31. The summed E-state index contributed by atoms with van der Waals surface area (Å²) in [4.78, 5) is 48.6. The highest BCUT2D eigenvalue weighted by Gasteiger charge is 2.48. The fraction of sp³-hybridized carbons (Fsp3) is 0.375. The number of hydrogen-bond acceptors (Lipinski definition) is 4. The van der Waals surface area contributed by atoms with Crippen molar-refractivity contribution >= 4 is 29.7 Å². The maximum atomic E-state index is 12.8. The smallest absolute Gasteiger partial charge is 0.249 e. The van der Waals surface area contributed by atoms with Crippen molar-refractivity contribution in [1.82, 2.24) is 5.32 Å². The monoisotopic (exact) mass is 300 g/mol. The first-order valence-electron chi connectivity index (χ1n) is 7.13. The molecular weight excluding hydrogens is 284 g/mol. The van der Waals surface area contributed by atoms with Crippen LogP contribution in [0.4, 0.5) is 5.69 Å². The van der Waals surface area contributed by atoms with Crippen molar-refractivity contribution in [3.63, 3.8) is 0 Å². The number of anilines is 1. The van der Waals surface area contributed by atoms with E-state index in [2.05, 4.69) is 5.32 Å². The summed E-state index contributed by atoms with van der Waals surface area (Å²) in [5.74, 6) is -0.962. The summed E-state index contributed by atoms with van der Waals surface area (Å²) in [5.41, 5.74) is 1.04. The molecule has 0 aliphatic carbocycles. The molecule has 2 heterocycles. The second-order valence-electron chi connectivity index (χ2n) is 6.16. The molecular formula is C16H16N2O4. The first kappa shape index (κ1) is 14.4. The number of carbonyl (C=O) groups is 4. The average Bonchev–Trinajstić information content (AvgIpc) is 2.67. The van der Waals surface area contributed by atoms with E-state index in [9.17, 15) is 19.2 Å². The molecule has 0 bridgehead atoms. The SMILES string of the molecule is CC1(C)C(=O)N(C2CCC(=O)NC2=O)c2ccc(C=O)cc21. The third-order valence-electron chi connectivity index (χ3n) is 4.36. The molecule has 0 saturated carbocycles. The van der Waals surface area contributed by atoms with Crippen molar-refractivity contribution in [1.29, 1.82) is 0 Å². The van der Waals surface area contributed by atoms with E-state index in [0.29, 0.717) is 17.7 Å². The van der Waals surface area contributed by atoms with Gasteiger partial charge in [0.2, 0.25) is 17.7 Å². The number of nitrogens with zero attached hydrogens (tertiary/aromatic N) is 1. The van der Waals surface area contributed by atoms with Gasteiger partial charge in [0, 0.05) is 17.7 Å². The van der Waals surface area contributed by atoms with Crippen molar-refractivity contribution in [2.75, 3.05) is 4.90 Å². The van der Waals surface area contributed by atoms with Crippen LogP contribution in [0, 0.1) is 0 Å². The molecule has 22 heavy (non-hydrogen) atoms. The predicted octanol–water partition coefficient (Wildman–Crippen LogP) is 0.928. The van der Waals surface area contributed by atoms with Crippen LogP contribution in [0.1, 0.15) is 42.6 Å². The molecule has 2 aliphatic heterocycles. The Hall–Kier alpha value is -2.50. The number of carbonyl (C=O) groups excluding carboxylic acids is 4. The van der Waals surface area contributed by atoms with Gasteiger partial charge >= 0.3 is 0 Å². The molecule has 3 rings (SSSR count). The minimum Gasteiger partial charge on any atom is -0.299 e. The summed E-state index contributed by atoms with van der Waals surface area (Å²) in [7, 11) is 0. The Labute approximate surface area is 127 Å². The topological polar surface area (TPSA) is 83.6 Å². The van der Waals surface area contributed by atoms with Crippen LogP contribution in [0.5, 0.6) is 0 Å². The highest BCUT2D eigenvalue weighted by atomic mass is 16.2. The van der Waals surface area contributed by atoms with Crippen LogP contribution in [0.3, 0.4) is 0 Å². The van der Waals surface area contributed by atoms with Gasteiger partial charge in [0.25, 0.3) is 0 Å². The van der Waals surface area contributed by atoms with Crippen molar-refractivity contribution < 1.29 is 19.2 Å². The number of fused-ring (bicyclic) bond motifs is 1. The van der Waals surface area contributed by atoms with Gasteiger partial charge in [0.05, 0.1) is 5.41 Å². The zero-order valence-corrected chi connectivity index (χ0v) is 12.4. The molecule has 0 radical (unpaired) electrons. The zero-order chi connectivity index (χ0) is 16.1. The summed E-state index contributed by atoms with van der Waals surface area (Å²) in [6.07, 6.45) is 1.25. The van der Waals surface area contributed by atoms with Gasteiger partial charge in [-0.3, -0.25) is 29.4 Å². The van der Waals surface area contributed by atoms with Crippen LogP contribution < -0.4 is 10.2 Å². The third-order valence-corrected chi connectivity index (χ3v) is 4.36. The van der Waals surface area contributed by atoms with E-state index in [1.165, 1.54) is 4.90 Å². The maximum Gasteiger partial charge on any atom is 0.249 e. The van der Waals surface area contributed by atoms with E-state index in [1.807, 2.05) is 0 Å². The minimum atomic E-state index is -0.809. The van der Waals surface area contributed by atoms with E-state index in [4.69, 9.17) is 0 Å². The van der Waals surface area contributed by atoms with Crippen LogP contribution in [-0.4, -0.2) is 30.0 Å². The molecule has 1 aromatic carbocycles. The quantitative estimate of drug-likeness (QED) is 0.650. The first-order chi connectivity index (χ1) is 10.4. The summed E-state index contributed by atoms with van der Waals surface area (Å²) in [6.45, 7) is 3.54. The molecule has 1 saturated heterocycles. The summed E-state index contributed by atoms with van der Waals surface area (Å²) < 4.78 is 0. The number of nitrogens with one attached hydrogen (secondary N) is 1. The van der Waals surface area contributed by atoms with Crippen LogP contribution >= 0.6 is 0 Å². The lowest BCUT2D eigenvalue weighted by molar-refractivity contribution is -0.136.